The predicted molar refractivity (Wildman–Crippen MR) is 87.2 cm³/mol. The van der Waals surface area contributed by atoms with Crippen LogP contribution in [0.5, 0.6) is 0 Å². The number of benzene rings is 1. The molecule has 0 unspecified atom stereocenters. The summed E-state index contributed by atoms with van der Waals surface area (Å²) in [6.45, 7) is 3.71. The molecule has 0 saturated carbocycles. The molecule has 9 heteroatoms. The van der Waals surface area contributed by atoms with Gasteiger partial charge in [-0.2, -0.15) is 0 Å². The normalized spacial score (nSPS) is 10.6. The molecule has 116 valence electrons. The van der Waals surface area contributed by atoms with Crippen molar-refractivity contribution < 1.29 is 4.92 Å². The van der Waals surface area contributed by atoms with Crippen LogP contribution in [0.15, 0.2) is 24.5 Å². The fraction of sp³-hybridized carbons (Fsp3) is 0.231. The van der Waals surface area contributed by atoms with Crippen LogP contribution in [0.1, 0.15) is 13.8 Å². The topological polar surface area (TPSA) is 93.0 Å². The van der Waals surface area contributed by atoms with Gasteiger partial charge in [-0.25, -0.2) is 9.97 Å². The molecule has 0 radical (unpaired) electrons. The average molecular weight is 342 g/mol. The summed E-state index contributed by atoms with van der Waals surface area (Å²) in [6.07, 6.45) is 1.23. The van der Waals surface area contributed by atoms with Crippen LogP contribution in [0, 0.1) is 10.1 Å². The van der Waals surface area contributed by atoms with Gasteiger partial charge in [-0.1, -0.05) is 29.3 Å². The van der Waals surface area contributed by atoms with Crippen LogP contribution in [-0.4, -0.2) is 20.9 Å². The minimum Gasteiger partial charge on any atom is -0.362 e. The van der Waals surface area contributed by atoms with Crippen LogP contribution in [0.2, 0.25) is 10.0 Å². The Balaban J connectivity index is 2.46. The lowest BCUT2D eigenvalue weighted by Gasteiger charge is -2.12. The van der Waals surface area contributed by atoms with Crippen molar-refractivity contribution in [3.8, 4) is 0 Å². The van der Waals surface area contributed by atoms with Gasteiger partial charge in [0.2, 0.25) is 11.6 Å². The molecular formula is C13H13Cl2N5O2. The van der Waals surface area contributed by atoms with Gasteiger partial charge in [-0.15, -0.1) is 0 Å². The summed E-state index contributed by atoms with van der Waals surface area (Å²) in [5.74, 6) is 0.169. The molecule has 7 nitrogen and oxygen atoms in total. The predicted octanol–water partition coefficient (Wildman–Crippen LogP) is 4.26. The van der Waals surface area contributed by atoms with E-state index in [0.717, 1.165) is 0 Å². The van der Waals surface area contributed by atoms with Crippen molar-refractivity contribution >= 4 is 46.2 Å². The summed E-state index contributed by atoms with van der Waals surface area (Å²) >= 11 is 12.0. The summed E-state index contributed by atoms with van der Waals surface area (Å²) in [4.78, 5) is 18.7. The van der Waals surface area contributed by atoms with Crippen molar-refractivity contribution in [2.75, 3.05) is 10.6 Å². The van der Waals surface area contributed by atoms with E-state index >= 15 is 0 Å². The second-order valence-corrected chi connectivity index (χ2v) is 5.49. The molecule has 1 heterocycles. The van der Waals surface area contributed by atoms with Crippen molar-refractivity contribution in [3.05, 3.63) is 44.7 Å². The molecule has 2 aromatic rings. The first-order valence-electron chi connectivity index (χ1n) is 6.37. The van der Waals surface area contributed by atoms with E-state index in [4.69, 9.17) is 23.2 Å². The lowest BCUT2D eigenvalue weighted by Crippen LogP contribution is -2.14. The van der Waals surface area contributed by atoms with Crippen molar-refractivity contribution in [1.82, 2.24) is 9.97 Å². The first-order valence-corrected chi connectivity index (χ1v) is 7.12. The molecule has 1 aromatic heterocycles. The zero-order valence-corrected chi connectivity index (χ0v) is 13.3. The van der Waals surface area contributed by atoms with Crippen molar-refractivity contribution in [2.45, 2.75) is 19.9 Å². The molecule has 2 N–H and O–H groups in total. The van der Waals surface area contributed by atoms with Gasteiger partial charge in [0.1, 0.15) is 6.33 Å². The summed E-state index contributed by atoms with van der Waals surface area (Å²) in [7, 11) is 0. The van der Waals surface area contributed by atoms with Gasteiger partial charge >= 0.3 is 5.69 Å². The number of aromatic nitrogens is 2. The Kier molecular flexibility index (Phi) is 4.99. The van der Waals surface area contributed by atoms with Crippen molar-refractivity contribution in [3.63, 3.8) is 0 Å². The van der Waals surface area contributed by atoms with Gasteiger partial charge in [0, 0.05) is 6.04 Å². The van der Waals surface area contributed by atoms with Gasteiger partial charge < -0.3 is 10.6 Å². The highest BCUT2D eigenvalue weighted by molar-refractivity contribution is 6.43. The number of hydrogen-bond donors (Lipinski definition) is 2. The third kappa shape index (κ3) is 3.55. The van der Waals surface area contributed by atoms with Crippen molar-refractivity contribution in [2.24, 2.45) is 0 Å². The first kappa shape index (κ1) is 16.3. The molecule has 22 heavy (non-hydrogen) atoms. The molecule has 0 spiro atoms. The van der Waals surface area contributed by atoms with Crippen molar-refractivity contribution in [1.29, 1.82) is 0 Å². The molecule has 0 atom stereocenters. The van der Waals surface area contributed by atoms with E-state index in [1.54, 1.807) is 18.2 Å². The molecule has 0 amide bonds. The smallest absolute Gasteiger partial charge is 0.353 e. The third-order valence-corrected chi connectivity index (χ3v) is 3.45. The van der Waals surface area contributed by atoms with E-state index in [9.17, 15) is 10.1 Å². The fourth-order valence-electron chi connectivity index (χ4n) is 1.75. The highest BCUT2D eigenvalue weighted by atomic mass is 35.5. The van der Waals surface area contributed by atoms with Gasteiger partial charge in [-0.05, 0) is 26.0 Å². The lowest BCUT2D eigenvalue weighted by molar-refractivity contribution is -0.383. The number of nitrogens with one attached hydrogen (secondary N) is 2. The van der Waals surface area contributed by atoms with Crippen LogP contribution in [0.4, 0.5) is 23.0 Å². The van der Waals surface area contributed by atoms with Crippen LogP contribution in [0.3, 0.4) is 0 Å². The standard InChI is InChI=1S/C13H13Cl2N5O2/c1-7(2)18-12-11(20(21)22)13(17-6-16-12)19-9-5-3-4-8(14)10(9)15/h3-7H,1-2H3,(H2,16,17,18,19). The molecule has 0 aliphatic carbocycles. The Morgan fingerprint density at radius 2 is 1.91 bits per heavy atom. The molecule has 0 aliphatic rings. The zero-order valence-electron chi connectivity index (χ0n) is 11.8. The molecule has 0 bridgehead atoms. The van der Waals surface area contributed by atoms with Gasteiger partial charge in [0.05, 0.1) is 20.7 Å². The zero-order chi connectivity index (χ0) is 16.3. The highest BCUT2D eigenvalue weighted by Gasteiger charge is 2.24. The van der Waals surface area contributed by atoms with E-state index < -0.39 is 4.92 Å². The first-order chi connectivity index (χ1) is 10.4. The number of rotatable bonds is 5. The number of hydrogen-bond acceptors (Lipinski definition) is 6. The molecular weight excluding hydrogens is 329 g/mol. The molecule has 2 rings (SSSR count). The Morgan fingerprint density at radius 1 is 1.23 bits per heavy atom. The quantitative estimate of drug-likeness (QED) is 0.623. The Morgan fingerprint density at radius 3 is 2.55 bits per heavy atom. The number of anilines is 3. The monoisotopic (exact) mass is 341 g/mol. The van der Waals surface area contributed by atoms with Crippen LogP contribution in [-0.2, 0) is 0 Å². The maximum absolute atomic E-state index is 11.4. The minimum absolute atomic E-state index is 0.0174. The Labute approximate surface area is 136 Å². The van der Waals surface area contributed by atoms with Gasteiger partial charge in [-0.3, -0.25) is 10.1 Å². The second-order valence-electron chi connectivity index (χ2n) is 4.70. The molecule has 0 aliphatic heterocycles. The van der Waals surface area contributed by atoms with E-state index in [2.05, 4.69) is 20.6 Å². The Bertz CT molecular complexity index is 709. The van der Waals surface area contributed by atoms with E-state index in [-0.39, 0.29) is 28.4 Å². The van der Waals surface area contributed by atoms with Crippen LogP contribution < -0.4 is 10.6 Å². The maximum Gasteiger partial charge on any atom is 0.353 e. The fourth-order valence-corrected chi connectivity index (χ4v) is 2.10. The Hall–Kier alpha value is -2.12. The number of nitro groups is 1. The van der Waals surface area contributed by atoms with E-state index in [1.807, 2.05) is 13.8 Å². The van der Waals surface area contributed by atoms with Gasteiger partial charge in [0.15, 0.2) is 0 Å². The summed E-state index contributed by atoms with van der Waals surface area (Å²) in [5, 5.41) is 17.7. The SMILES string of the molecule is CC(C)Nc1ncnc(Nc2cccc(Cl)c2Cl)c1[N+](=O)[O-]. The highest BCUT2D eigenvalue weighted by Crippen LogP contribution is 2.35. The van der Waals surface area contributed by atoms with E-state index in [0.29, 0.717) is 10.7 Å². The minimum atomic E-state index is -0.550. The lowest BCUT2D eigenvalue weighted by atomic mass is 10.3. The largest absolute Gasteiger partial charge is 0.362 e. The van der Waals surface area contributed by atoms with Gasteiger partial charge in [0.25, 0.3) is 0 Å². The summed E-state index contributed by atoms with van der Waals surface area (Å²) in [6, 6.07) is 4.93. The average Bonchev–Trinajstić information content (AvgIpc) is 2.43. The van der Waals surface area contributed by atoms with Crippen LogP contribution >= 0.6 is 23.2 Å². The summed E-state index contributed by atoms with van der Waals surface area (Å²) < 4.78 is 0. The maximum atomic E-state index is 11.4. The number of nitrogens with zero attached hydrogens (tertiary/aromatic N) is 3. The third-order valence-electron chi connectivity index (χ3n) is 2.63. The number of halogens is 2. The second kappa shape index (κ2) is 6.76. The summed E-state index contributed by atoms with van der Waals surface area (Å²) in [5.41, 5.74) is 0.165. The molecule has 0 saturated heterocycles. The molecule has 0 fully saturated rings. The van der Waals surface area contributed by atoms with E-state index in [1.165, 1.54) is 6.33 Å². The molecule has 1 aromatic carbocycles. The van der Waals surface area contributed by atoms with Crippen LogP contribution in [0.25, 0.3) is 0 Å².